The fourth-order valence-electron chi connectivity index (χ4n) is 2.58. The van der Waals surface area contributed by atoms with E-state index in [0.29, 0.717) is 11.0 Å². The summed E-state index contributed by atoms with van der Waals surface area (Å²) in [5, 5.41) is 6.51. The van der Waals surface area contributed by atoms with Gasteiger partial charge >= 0.3 is 6.03 Å². The molecule has 130 valence electrons. The van der Waals surface area contributed by atoms with Crippen molar-refractivity contribution in [2.24, 2.45) is 5.92 Å². The fourth-order valence-corrected chi connectivity index (χ4v) is 3.39. The minimum atomic E-state index is -0.198. The number of carbonyl (C=O) groups excluding carboxylic acids is 1. The molecule has 0 aliphatic rings. The molecule has 1 atom stereocenters. The molecule has 0 saturated carbocycles. The molecule has 2 rings (SSSR count). The standard InChI is InChI=1S/C18H26N4OS/c1-13(2)10-15(12-22(3)4)20-17(23)21-18-19-11-16(24-18)14-8-6-5-7-9-14/h5-9,11,13,15H,10,12H2,1-4H3,(H2,19,20,21,23). The van der Waals surface area contributed by atoms with Crippen molar-refractivity contribution in [1.29, 1.82) is 0 Å². The molecule has 1 aromatic heterocycles. The van der Waals surface area contributed by atoms with Gasteiger partial charge < -0.3 is 10.2 Å². The van der Waals surface area contributed by atoms with E-state index < -0.39 is 0 Å². The van der Waals surface area contributed by atoms with Crippen LogP contribution in [0.5, 0.6) is 0 Å². The van der Waals surface area contributed by atoms with Gasteiger partial charge in [-0.1, -0.05) is 55.5 Å². The summed E-state index contributed by atoms with van der Waals surface area (Å²) in [6.07, 6.45) is 2.74. The quantitative estimate of drug-likeness (QED) is 0.799. The largest absolute Gasteiger partial charge is 0.334 e. The molecule has 1 aromatic carbocycles. The Hall–Kier alpha value is -1.92. The number of benzene rings is 1. The SMILES string of the molecule is CC(C)CC(CN(C)C)NC(=O)Nc1ncc(-c2ccccc2)s1. The summed E-state index contributed by atoms with van der Waals surface area (Å²) < 4.78 is 0. The van der Waals surface area contributed by atoms with E-state index >= 15 is 0 Å². The highest BCUT2D eigenvalue weighted by Gasteiger charge is 2.16. The van der Waals surface area contributed by atoms with Gasteiger partial charge in [0, 0.05) is 18.8 Å². The highest BCUT2D eigenvalue weighted by molar-refractivity contribution is 7.19. The molecule has 0 fully saturated rings. The molecular formula is C18H26N4OS. The number of nitrogens with one attached hydrogen (secondary N) is 2. The number of nitrogens with zero attached hydrogens (tertiary/aromatic N) is 2. The predicted octanol–water partition coefficient (Wildman–Crippen LogP) is 3.91. The molecule has 1 heterocycles. The zero-order valence-corrected chi connectivity index (χ0v) is 15.6. The van der Waals surface area contributed by atoms with Crippen molar-refractivity contribution in [2.75, 3.05) is 26.0 Å². The van der Waals surface area contributed by atoms with Gasteiger partial charge in [0.15, 0.2) is 5.13 Å². The summed E-state index contributed by atoms with van der Waals surface area (Å²) in [6, 6.07) is 9.96. The molecule has 2 aromatic rings. The topological polar surface area (TPSA) is 57.3 Å². The van der Waals surface area contributed by atoms with Crippen molar-refractivity contribution in [3.05, 3.63) is 36.5 Å². The van der Waals surface area contributed by atoms with Crippen molar-refractivity contribution in [3.63, 3.8) is 0 Å². The van der Waals surface area contributed by atoms with Gasteiger partial charge in [-0.25, -0.2) is 9.78 Å². The van der Waals surface area contributed by atoms with Crippen molar-refractivity contribution in [3.8, 4) is 10.4 Å². The van der Waals surface area contributed by atoms with Gasteiger partial charge in [-0.3, -0.25) is 5.32 Å². The molecule has 6 heteroatoms. The third-order valence-corrected chi connectivity index (χ3v) is 4.42. The Morgan fingerprint density at radius 1 is 1.25 bits per heavy atom. The van der Waals surface area contributed by atoms with E-state index in [4.69, 9.17) is 0 Å². The molecule has 0 radical (unpaired) electrons. The summed E-state index contributed by atoms with van der Waals surface area (Å²) >= 11 is 1.48. The van der Waals surface area contributed by atoms with Crippen LogP contribution in [-0.2, 0) is 0 Å². The lowest BCUT2D eigenvalue weighted by Gasteiger charge is -2.23. The van der Waals surface area contributed by atoms with E-state index in [-0.39, 0.29) is 12.1 Å². The lowest BCUT2D eigenvalue weighted by molar-refractivity contribution is 0.240. The third-order valence-electron chi connectivity index (χ3n) is 3.46. The van der Waals surface area contributed by atoms with Gasteiger partial charge in [-0.2, -0.15) is 0 Å². The Morgan fingerprint density at radius 3 is 2.58 bits per heavy atom. The average molecular weight is 346 g/mol. The number of rotatable bonds is 7. The van der Waals surface area contributed by atoms with Crippen molar-refractivity contribution in [1.82, 2.24) is 15.2 Å². The third kappa shape index (κ3) is 5.94. The predicted molar refractivity (Wildman–Crippen MR) is 102 cm³/mol. The number of hydrogen-bond donors (Lipinski definition) is 2. The summed E-state index contributed by atoms with van der Waals surface area (Å²) in [7, 11) is 4.03. The minimum absolute atomic E-state index is 0.119. The Balaban J connectivity index is 1.95. The van der Waals surface area contributed by atoms with Gasteiger partial charge in [-0.15, -0.1) is 0 Å². The number of urea groups is 1. The van der Waals surface area contributed by atoms with Crippen molar-refractivity contribution < 1.29 is 4.79 Å². The normalized spacial score (nSPS) is 12.4. The molecule has 0 aliphatic carbocycles. The number of hydrogen-bond acceptors (Lipinski definition) is 4. The Kier molecular flexibility index (Phi) is 6.75. The van der Waals surface area contributed by atoms with Crippen LogP contribution >= 0.6 is 11.3 Å². The summed E-state index contributed by atoms with van der Waals surface area (Å²) in [6.45, 7) is 5.14. The number of anilines is 1. The number of likely N-dealkylation sites (N-methyl/N-ethyl adjacent to an activating group) is 1. The van der Waals surface area contributed by atoms with E-state index in [2.05, 4.69) is 34.4 Å². The van der Waals surface area contributed by atoms with Gasteiger partial charge in [-0.05, 0) is 32.0 Å². The maximum atomic E-state index is 12.3. The first-order valence-electron chi connectivity index (χ1n) is 8.17. The van der Waals surface area contributed by atoms with Crippen LogP contribution in [0.25, 0.3) is 10.4 Å². The van der Waals surface area contributed by atoms with Crippen LogP contribution in [0.2, 0.25) is 0 Å². The molecule has 0 aliphatic heterocycles. The van der Waals surface area contributed by atoms with Crippen LogP contribution < -0.4 is 10.6 Å². The average Bonchev–Trinajstić information content (AvgIpc) is 2.95. The van der Waals surface area contributed by atoms with Crippen LogP contribution in [0.15, 0.2) is 36.5 Å². The number of carbonyl (C=O) groups is 1. The van der Waals surface area contributed by atoms with Gasteiger partial charge in [0.05, 0.1) is 4.88 Å². The van der Waals surface area contributed by atoms with E-state index in [0.717, 1.165) is 23.4 Å². The molecular weight excluding hydrogens is 320 g/mol. The molecule has 5 nitrogen and oxygen atoms in total. The number of thiazole rings is 1. The molecule has 2 N–H and O–H groups in total. The molecule has 24 heavy (non-hydrogen) atoms. The van der Waals surface area contributed by atoms with Crippen molar-refractivity contribution >= 4 is 22.5 Å². The van der Waals surface area contributed by atoms with E-state index in [1.807, 2.05) is 44.4 Å². The highest BCUT2D eigenvalue weighted by atomic mass is 32.1. The molecule has 0 bridgehead atoms. The fraction of sp³-hybridized carbons (Fsp3) is 0.444. The number of aromatic nitrogens is 1. The minimum Gasteiger partial charge on any atom is -0.334 e. The van der Waals surface area contributed by atoms with Crippen LogP contribution in [-0.4, -0.2) is 42.6 Å². The highest BCUT2D eigenvalue weighted by Crippen LogP contribution is 2.28. The van der Waals surface area contributed by atoms with Crippen LogP contribution in [0, 0.1) is 5.92 Å². The molecule has 0 saturated heterocycles. The van der Waals surface area contributed by atoms with Crippen LogP contribution in [0.1, 0.15) is 20.3 Å². The van der Waals surface area contributed by atoms with Crippen LogP contribution in [0.4, 0.5) is 9.93 Å². The lowest BCUT2D eigenvalue weighted by atomic mass is 10.0. The molecule has 0 spiro atoms. The second-order valence-electron chi connectivity index (χ2n) is 6.58. The number of amides is 2. The second kappa shape index (κ2) is 8.80. The van der Waals surface area contributed by atoms with E-state index in [9.17, 15) is 4.79 Å². The Bertz CT molecular complexity index is 629. The molecule has 1 unspecified atom stereocenters. The first kappa shape index (κ1) is 18.4. The van der Waals surface area contributed by atoms with Gasteiger partial charge in [0.1, 0.15) is 0 Å². The second-order valence-corrected chi connectivity index (χ2v) is 7.61. The van der Waals surface area contributed by atoms with Gasteiger partial charge in [0.2, 0.25) is 0 Å². The Labute approximate surface area is 148 Å². The monoisotopic (exact) mass is 346 g/mol. The lowest BCUT2D eigenvalue weighted by Crippen LogP contribution is -2.44. The maximum absolute atomic E-state index is 12.3. The first-order valence-corrected chi connectivity index (χ1v) is 8.99. The molecule has 2 amide bonds. The first-order chi connectivity index (χ1) is 11.4. The summed E-state index contributed by atoms with van der Waals surface area (Å²) in [5.41, 5.74) is 1.11. The maximum Gasteiger partial charge on any atom is 0.321 e. The smallest absolute Gasteiger partial charge is 0.321 e. The zero-order chi connectivity index (χ0) is 17.5. The van der Waals surface area contributed by atoms with Crippen molar-refractivity contribution in [2.45, 2.75) is 26.3 Å². The van der Waals surface area contributed by atoms with Crippen LogP contribution in [0.3, 0.4) is 0 Å². The summed E-state index contributed by atoms with van der Waals surface area (Å²) in [5.74, 6) is 0.528. The van der Waals surface area contributed by atoms with E-state index in [1.165, 1.54) is 11.3 Å². The Morgan fingerprint density at radius 2 is 1.96 bits per heavy atom. The van der Waals surface area contributed by atoms with Gasteiger partial charge in [0.25, 0.3) is 0 Å². The summed E-state index contributed by atoms with van der Waals surface area (Å²) in [4.78, 5) is 19.7. The van der Waals surface area contributed by atoms with E-state index in [1.54, 1.807) is 6.20 Å². The zero-order valence-electron chi connectivity index (χ0n) is 14.7.